The highest BCUT2D eigenvalue weighted by Crippen LogP contribution is 2.17. The number of ether oxygens (including phenoxy) is 1. The van der Waals surface area contributed by atoms with E-state index in [4.69, 9.17) is 17.0 Å². The minimum Gasteiger partial charge on any atom is -0.497 e. The highest BCUT2D eigenvalue weighted by atomic mass is 32.1. The Morgan fingerprint density at radius 2 is 1.62 bits per heavy atom. The minimum atomic E-state index is 0.580. The molecule has 0 saturated heterocycles. The zero-order valence-corrected chi connectivity index (χ0v) is 12.7. The molecule has 4 heteroatoms. The van der Waals surface area contributed by atoms with Gasteiger partial charge in [0.2, 0.25) is 0 Å². The molecule has 0 aliphatic heterocycles. The lowest BCUT2D eigenvalue weighted by Crippen LogP contribution is -2.12. The summed E-state index contributed by atoms with van der Waals surface area (Å²) in [6, 6.07) is 17.5. The Hall–Kier alpha value is -2.33. The first kappa shape index (κ1) is 15.1. The third-order valence-electron chi connectivity index (χ3n) is 2.84. The molecule has 0 unspecified atom stereocenters. The van der Waals surface area contributed by atoms with Crippen LogP contribution in [0.3, 0.4) is 0 Å². The quantitative estimate of drug-likeness (QED) is 0.772. The van der Waals surface area contributed by atoms with Crippen LogP contribution in [0.5, 0.6) is 5.75 Å². The van der Waals surface area contributed by atoms with Crippen LogP contribution in [0.15, 0.2) is 66.9 Å². The van der Waals surface area contributed by atoms with Crippen LogP contribution in [0.1, 0.15) is 6.42 Å². The summed E-state index contributed by atoms with van der Waals surface area (Å²) in [5.74, 6) is 0.826. The van der Waals surface area contributed by atoms with E-state index in [-0.39, 0.29) is 0 Å². The van der Waals surface area contributed by atoms with Gasteiger partial charge in [-0.15, -0.1) is 0 Å². The fraction of sp³-hybridized carbons (Fsp3) is 0.118. The van der Waals surface area contributed by atoms with Gasteiger partial charge in [-0.1, -0.05) is 37.0 Å². The summed E-state index contributed by atoms with van der Waals surface area (Å²) in [6.45, 7) is 4.00. The van der Waals surface area contributed by atoms with Crippen molar-refractivity contribution < 1.29 is 4.74 Å². The molecule has 0 radical (unpaired) electrons. The Kier molecular flexibility index (Phi) is 5.35. The lowest BCUT2D eigenvalue weighted by atomic mass is 10.2. The van der Waals surface area contributed by atoms with Crippen LogP contribution < -0.4 is 15.4 Å². The molecule has 0 spiro atoms. The summed E-state index contributed by atoms with van der Waals surface area (Å²) in [4.78, 5) is 0.729. The smallest absolute Gasteiger partial charge is 0.119 e. The van der Waals surface area contributed by atoms with Crippen molar-refractivity contribution in [3.05, 3.63) is 66.9 Å². The van der Waals surface area contributed by atoms with E-state index in [0.717, 1.165) is 27.8 Å². The van der Waals surface area contributed by atoms with Crippen molar-refractivity contribution in [3.8, 4) is 5.75 Å². The molecule has 2 N–H and O–H groups in total. The van der Waals surface area contributed by atoms with Gasteiger partial charge in [-0.05, 0) is 36.4 Å². The van der Waals surface area contributed by atoms with Crippen molar-refractivity contribution in [2.45, 2.75) is 6.42 Å². The topological polar surface area (TPSA) is 33.3 Å². The molecule has 0 aromatic heterocycles. The van der Waals surface area contributed by atoms with Gasteiger partial charge in [-0.3, -0.25) is 0 Å². The number of anilines is 2. The lowest BCUT2D eigenvalue weighted by molar-refractivity contribution is 0.415. The second-order valence-electron chi connectivity index (χ2n) is 4.55. The average molecular weight is 298 g/mol. The van der Waals surface area contributed by atoms with Crippen molar-refractivity contribution in [2.24, 2.45) is 0 Å². The number of para-hydroxylation sites is 1. The largest absolute Gasteiger partial charge is 0.497 e. The molecule has 2 aromatic rings. The molecule has 108 valence electrons. The number of benzene rings is 2. The first-order valence-corrected chi connectivity index (χ1v) is 7.02. The maximum atomic E-state index is 5.34. The van der Waals surface area contributed by atoms with Gasteiger partial charge < -0.3 is 15.4 Å². The van der Waals surface area contributed by atoms with Gasteiger partial charge >= 0.3 is 0 Å². The second kappa shape index (κ2) is 7.45. The van der Waals surface area contributed by atoms with Gasteiger partial charge in [-0.25, -0.2) is 0 Å². The van der Waals surface area contributed by atoms with Crippen molar-refractivity contribution in [2.75, 3.05) is 17.7 Å². The number of methoxy groups -OCH3 is 1. The van der Waals surface area contributed by atoms with Gasteiger partial charge in [0.05, 0.1) is 12.1 Å². The van der Waals surface area contributed by atoms with Gasteiger partial charge in [0.15, 0.2) is 0 Å². The van der Waals surface area contributed by atoms with Crippen LogP contribution in [0.25, 0.3) is 0 Å². The van der Waals surface area contributed by atoms with E-state index in [2.05, 4.69) is 17.2 Å². The molecular formula is C17H18N2OS. The lowest BCUT2D eigenvalue weighted by Gasteiger charge is -2.12. The highest BCUT2D eigenvalue weighted by Gasteiger charge is 2.02. The van der Waals surface area contributed by atoms with Crippen molar-refractivity contribution in [1.29, 1.82) is 0 Å². The molecule has 3 nitrogen and oxygen atoms in total. The first-order valence-electron chi connectivity index (χ1n) is 6.61. The molecule has 0 saturated carbocycles. The number of thiocarbonyl (C=S) groups is 1. The van der Waals surface area contributed by atoms with Gasteiger partial charge in [0, 0.05) is 23.5 Å². The number of hydrogen-bond donors (Lipinski definition) is 2. The molecule has 2 rings (SSSR count). The summed E-state index contributed by atoms with van der Waals surface area (Å²) >= 11 is 5.34. The predicted octanol–water partition coefficient (Wildman–Crippen LogP) is 4.45. The maximum Gasteiger partial charge on any atom is 0.119 e. The van der Waals surface area contributed by atoms with Crippen LogP contribution >= 0.6 is 12.2 Å². The standard InChI is InChI=1S/C17H18N2OS/c1-13(18-15-8-10-16(20-2)11-9-15)12-17(21)19-14-6-4-3-5-7-14/h3-11,18H,1,12H2,2H3,(H,19,21). The van der Waals surface area contributed by atoms with E-state index < -0.39 is 0 Å². The average Bonchev–Trinajstić information content (AvgIpc) is 2.48. The summed E-state index contributed by atoms with van der Waals surface area (Å²) in [5.41, 5.74) is 2.79. The molecule has 0 aliphatic carbocycles. The number of hydrogen-bond acceptors (Lipinski definition) is 3. The molecule has 0 fully saturated rings. The molecule has 0 bridgehead atoms. The summed E-state index contributed by atoms with van der Waals surface area (Å²) in [7, 11) is 1.65. The van der Waals surface area contributed by atoms with Crippen molar-refractivity contribution in [3.63, 3.8) is 0 Å². The van der Waals surface area contributed by atoms with Crippen LogP contribution in [0.2, 0.25) is 0 Å². The molecule has 0 heterocycles. The number of nitrogens with one attached hydrogen (secondary N) is 2. The zero-order valence-electron chi connectivity index (χ0n) is 11.9. The second-order valence-corrected chi connectivity index (χ2v) is 5.04. The normalized spacial score (nSPS) is 9.76. The third kappa shape index (κ3) is 4.93. The SMILES string of the molecule is C=C(CC(=S)Nc1ccccc1)Nc1ccc(OC)cc1. The molecule has 0 atom stereocenters. The zero-order chi connectivity index (χ0) is 15.1. The Bertz CT molecular complexity index is 608. The molecule has 0 amide bonds. The Morgan fingerprint density at radius 1 is 1.00 bits per heavy atom. The van der Waals surface area contributed by atoms with Crippen LogP contribution in [-0.4, -0.2) is 12.1 Å². The predicted molar refractivity (Wildman–Crippen MR) is 93.0 cm³/mol. The van der Waals surface area contributed by atoms with Gasteiger partial charge in [-0.2, -0.15) is 0 Å². The van der Waals surface area contributed by atoms with E-state index >= 15 is 0 Å². The van der Waals surface area contributed by atoms with E-state index in [1.165, 1.54) is 0 Å². The molecular weight excluding hydrogens is 280 g/mol. The van der Waals surface area contributed by atoms with Gasteiger partial charge in [0.1, 0.15) is 5.75 Å². The van der Waals surface area contributed by atoms with E-state index in [1.807, 2.05) is 54.6 Å². The third-order valence-corrected chi connectivity index (χ3v) is 3.09. The molecule has 0 aliphatic rings. The van der Waals surface area contributed by atoms with E-state index in [0.29, 0.717) is 6.42 Å². The minimum absolute atomic E-state index is 0.580. The molecule has 2 aromatic carbocycles. The number of rotatable bonds is 6. The fourth-order valence-corrected chi connectivity index (χ4v) is 2.14. The first-order chi connectivity index (χ1) is 10.2. The summed E-state index contributed by atoms with van der Waals surface area (Å²) in [6.07, 6.45) is 0.580. The van der Waals surface area contributed by atoms with E-state index in [1.54, 1.807) is 7.11 Å². The van der Waals surface area contributed by atoms with Crippen LogP contribution in [-0.2, 0) is 0 Å². The summed E-state index contributed by atoms with van der Waals surface area (Å²) in [5, 5.41) is 6.42. The highest BCUT2D eigenvalue weighted by molar-refractivity contribution is 7.80. The summed E-state index contributed by atoms with van der Waals surface area (Å²) < 4.78 is 5.12. The van der Waals surface area contributed by atoms with Crippen molar-refractivity contribution in [1.82, 2.24) is 0 Å². The van der Waals surface area contributed by atoms with Crippen LogP contribution in [0, 0.1) is 0 Å². The fourth-order valence-electron chi connectivity index (χ4n) is 1.84. The Labute approximate surface area is 130 Å². The monoisotopic (exact) mass is 298 g/mol. The van der Waals surface area contributed by atoms with Crippen LogP contribution in [0.4, 0.5) is 11.4 Å². The Morgan fingerprint density at radius 3 is 2.24 bits per heavy atom. The van der Waals surface area contributed by atoms with Gasteiger partial charge in [0.25, 0.3) is 0 Å². The van der Waals surface area contributed by atoms with E-state index in [9.17, 15) is 0 Å². The molecule has 21 heavy (non-hydrogen) atoms. The Balaban J connectivity index is 1.84. The maximum absolute atomic E-state index is 5.34. The van der Waals surface area contributed by atoms with Crippen molar-refractivity contribution >= 4 is 28.6 Å².